The number of benzene rings is 2. The van der Waals surface area contributed by atoms with Gasteiger partial charge in [0.05, 0.1) is 5.56 Å². The molecule has 1 aliphatic heterocycles. The fraction of sp³-hybridized carbons (Fsp3) is 0.158. The van der Waals surface area contributed by atoms with Gasteiger partial charge in [-0.3, -0.25) is 9.69 Å². The maximum Gasteiger partial charge on any atom is 0.272 e. The molecule has 1 unspecified atom stereocenters. The lowest BCUT2D eigenvalue weighted by atomic mass is 10.1. The van der Waals surface area contributed by atoms with Crippen LogP contribution in [0.1, 0.15) is 18.1 Å². The van der Waals surface area contributed by atoms with Gasteiger partial charge in [-0.1, -0.05) is 59.8 Å². The Hall–Kier alpha value is -2.95. The molecule has 1 heterocycles. The summed E-state index contributed by atoms with van der Waals surface area (Å²) in [5.41, 5.74) is 1.27. The van der Waals surface area contributed by atoms with Gasteiger partial charge in [0.2, 0.25) is 6.10 Å². The Bertz CT molecular complexity index is 787. The first-order valence-electron chi connectivity index (χ1n) is 7.68. The van der Waals surface area contributed by atoms with Gasteiger partial charge in [0.15, 0.2) is 5.84 Å². The van der Waals surface area contributed by atoms with Gasteiger partial charge >= 0.3 is 0 Å². The molecule has 24 heavy (non-hydrogen) atoms. The Labute approximate surface area is 139 Å². The molecule has 0 spiro atoms. The van der Waals surface area contributed by atoms with Crippen molar-refractivity contribution in [2.75, 3.05) is 6.54 Å². The first-order valence-corrected chi connectivity index (χ1v) is 7.68. The van der Waals surface area contributed by atoms with Crippen LogP contribution in [0.3, 0.4) is 0 Å². The molecule has 1 atom stereocenters. The van der Waals surface area contributed by atoms with Crippen LogP contribution in [-0.2, 0) is 9.63 Å². The summed E-state index contributed by atoms with van der Waals surface area (Å²) in [6, 6.07) is 15.9. The summed E-state index contributed by atoms with van der Waals surface area (Å²) in [7, 11) is 0. The molecule has 4 nitrogen and oxygen atoms in total. The summed E-state index contributed by atoms with van der Waals surface area (Å²) in [6.45, 7) is 1.91. The first-order chi connectivity index (χ1) is 11.7. The van der Waals surface area contributed by atoms with Crippen LogP contribution in [0.4, 0.5) is 4.39 Å². The van der Waals surface area contributed by atoms with E-state index in [2.05, 4.69) is 5.16 Å². The topological polar surface area (TPSA) is 41.9 Å². The second-order valence-electron chi connectivity index (χ2n) is 5.40. The largest absolute Gasteiger partial charge is 0.381 e. The highest BCUT2D eigenvalue weighted by molar-refractivity contribution is 6.09. The Morgan fingerprint density at radius 1 is 1.17 bits per heavy atom. The minimum Gasteiger partial charge on any atom is -0.381 e. The van der Waals surface area contributed by atoms with E-state index in [1.807, 2.05) is 42.5 Å². The van der Waals surface area contributed by atoms with Gasteiger partial charge in [-0.15, -0.1) is 0 Å². The summed E-state index contributed by atoms with van der Waals surface area (Å²) in [4.78, 5) is 19.0. The molecule has 2 aromatic carbocycles. The van der Waals surface area contributed by atoms with E-state index in [0.29, 0.717) is 0 Å². The molecule has 1 amide bonds. The van der Waals surface area contributed by atoms with Gasteiger partial charge in [-0.05, 0) is 24.6 Å². The monoisotopic (exact) mass is 324 g/mol. The average Bonchev–Trinajstić information content (AvgIpc) is 2.60. The highest BCUT2D eigenvalue weighted by Gasteiger charge is 2.32. The summed E-state index contributed by atoms with van der Waals surface area (Å²) < 4.78 is 14.1. The van der Waals surface area contributed by atoms with E-state index in [1.165, 1.54) is 11.0 Å². The van der Waals surface area contributed by atoms with Gasteiger partial charge in [-0.25, -0.2) is 4.39 Å². The molecule has 0 saturated carbocycles. The van der Waals surface area contributed by atoms with E-state index in [-0.39, 0.29) is 23.9 Å². The summed E-state index contributed by atoms with van der Waals surface area (Å²) >= 11 is 0. The van der Waals surface area contributed by atoms with Crippen molar-refractivity contribution < 1.29 is 14.0 Å². The first kappa shape index (κ1) is 15.9. The van der Waals surface area contributed by atoms with E-state index in [4.69, 9.17) is 4.84 Å². The van der Waals surface area contributed by atoms with Crippen molar-refractivity contribution in [3.63, 3.8) is 0 Å². The van der Waals surface area contributed by atoms with Gasteiger partial charge in [0, 0.05) is 6.54 Å². The molecule has 0 fully saturated rings. The van der Waals surface area contributed by atoms with Crippen molar-refractivity contribution in [2.24, 2.45) is 5.16 Å². The third kappa shape index (κ3) is 3.35. The number of carbonyl (C=O) groups excluding carboxylic acids is 1. The Morgan fingerprint density at radius 3 is 2.62 bits per heavy atom. The molecule has 1 aliphatic rings. The standard InChI is InChI=1S/C19H17FN2O2/c1-14-19(23)22(13-7-10-15-8-3-2-4-9-15)18(21-24-14)16-11-5-6-12-17(16)20/h2-12,14H,13H2,1H3/b10-7+. The maximum absolute atomic E-state index is 14.1. The lowest BCUT2D eigenvalue weighted by Gasteiger charge is -2.29. The molecule has 122 valence electrons. The number of rotatable bonds is 4. The molecule has 0 N–H and O–H groups in total. The number of hydrogen-bond donors (Lipinski definition) is 0. The molecule has 0 saturated heterocycles. The minimum absolute atomic E-state index is 0.189. The maximum atomic E-state index is 14.1. The number of amides is 1. The van der Waals surface area contributed by atoms with E-state index < -0.39 is 11.9 Å². The molecule has 0 aliphatic carbocycles. The van der Waals surface area contributed by atoms with Crippen LogP contribution in [0.15, 0.2) is 65.8 Å². The minimum atomic E-state index is -0.689. The van der Waals surface area contributed by atoms with Gasteiger partial charge in [0.1, 0.15) is 5.82 Å². The van der Waals surface area contributed by atoms with Crippen LogP contribution in [0, 0.1) is 5.82 Å². The molecule has 5 heteroatoms. The van der Waals surface area contributed by atoms with Crippen molar-refractivity contribution in [3.8, 4) is 0 Å². The molecule has 2 aromatic rings. The number of hydrogen-bond acceptors (Lipinski definition) is 3. The lowest BCUT2D eigenvalue weighted by Crippen LogP contribution is -2.47. The Balaban J connectivity index is 1.86. The number of oxime groups is 1. The molecule has 0 aromatic heterocycles. The molecular formula is C19H17FN2O2. The van der Waals surface area contributed by atoms with E-state index in [9.17, 15) is 9.18 Å². The van der Waals surface area contributed by atoms with Crippen molar-refractivity contribution in [1.29, 1.82) is 0 Å². The van der Waals surface area contributed by atoms with Crippen LogP contribution in [0.25, 0.3) is 6.08 Å². The normalized spacial score (nSPS) is 17.8. The van der Waals surface area contributed by atoms with Crippen LogP contribution < -0.4 is 0 Å². The number of halogens is 1. The predicted molar refractivity (Wildman–Crippen MR) is 90.7 cm³/mol. The van der Waals surface area contributed by atoms with E-state index >= 15 is 0 Å². The van der Waals surface area contributed by atoms with Gasteiger partial charge in [0.25, 0.3) is 5.91 Å². The number of carbonyl (C=O) groups is 1. The molecule has 0 radical (unpaired) electrons. The second-order valence-corrected chi connectivity index (χ2v) is 5.40. The van der Waals surface area contributed by atoms with Crippen molar-refractivity contribution in [1.82, 2.24) is 4.90 Å². The van der Waals surface area contributed by atoms with Crippen LogP contribution in [0.2, 0.25) is 0 Å². The van der Waals surface area contributed by atoms with Crippen molar-refractivity contribution >= 4 is 17.8 Å². The highest BCUT2D eigenvalue weighted by Crippen LogP contribution is 2.17. The zero-order chi connectivity index (χ0) is 16.9. The number of amidine groups is 1. The van der Waals surface area contributed by atoms with Gasteiger partial charge in [-0.2, -0.15) is 0 Å². The SMILES string of the molecule is CC1ON=C(c2ccccc2F)N(C/C=C/c2ccccc2)C1=O. The second kappa shape index (κ2) is 7.08. The zero-order valence-electron chi connectivity index (χ0n) is 13.2. The molecular weight excluding hydrogens is 307 g/mol. The molecule has 3 rings (SSSR count). The van der Waals surface area contributed by atoms with Crippen LogP contribution >= 0.6 is 0 Å². The van der Waals surface area contributed by atoms with E-state index in [1.54, 1.807) is 25.1 Å². The van der Waals surface area contributed by atoms with Crippen molar-refractivity contribution in [3.05, 3.63) is 77.6 Å². The summed E-state index contributed by atoms with van der Waals surface area (Å²) in [5.74, 6) is -0.505. The highest BCUT2D eigenvalue weighted by atomic mass is 19.1. The average molecular weight is 324 g/mol. The predicted octanol–water partition coefficient (Wildman–Crippen LogP) is 3.45. The van der Waals surface area contributed by atoms with Gasteiger partial charge < -0.3 is 4.84 Å². The quantitative estimate of drug-likeness (QED) is 0.864. The summed E-state index contributed by atoms with van der Waals surface area (Å²) in [6.07, 6.45) is 3.07. The fourth-order valence-corrected chi connectivity index (χ4v) is 2.42. The number of nitrogens with zero attached hydrogens (tertiary/aromatic N) is 2. The Morgan fingerprint density at radius 2 is 1.88 bits per heavy atom. The third-order valence-electron chi connectivity index (χ3n) is 3.68. The lowest BCUT2D eigenvalue weighted by molar-refractivity contribution is -0.141. The van der Waals surface area contributed by atoms with Crippen LogP contribution in [0.5, 0.6) is 0 Å². The Kier molecular flexibility index (Phi) is 4.70. The fourth-order valence-electron chi connectivity index (χ4n) is 2.42. The van der Waals surface area contributed by atoms with E-state index in [0.717, 1.165) is 5.56 Å². The smallest absolute Gasteiger partial charge is 0.272 e. The van der Waals surface area contributed by atoms with Crippen molar-refractivity contribution in [2.45, 2.75) is 13.0 Å². The van der Waals surface area contributed by atoms with Crippen LogP contribution in [-0.4, -0.2) is 29.3 Å². The molecule has 0 bridgehead atoms. The third-order valence-corrected chi connectivity index (χ3v) is 3.68. The summed E-state index contributed by atoms with van der Waals surface area (Å²) in [5, 5.41) is 3.95. The zero-order valence-corrected chi connectivity index (χ0v) is 13.2.